The molecule has 0 bridgehead atoms. The van der Waals surface area contributed by atoms with Crippen molar-refractivity contribution >= 4 is 28.4 Å². The van der Waals surface area contributed by atoms with Gasteiger partial charge in [-0.15, -0.1) is 0 Å². The first kappa shape index (κ1) is 14.2. The van der Waals surface area contributed by atoms with Crippen molar-refractivity contribution in [1.82, 2.24) is 19.5 Å². The molecule has 0 aliphatic heterocycles. The van der Waals surface area contributed by atoms with E-state index in [4.69, 9.17) is 5.73 Å². The number of nitrogen functional groups attached to an aromatic ring is 1. The van der Waals surface area contributed by atoms with Gasteiger partial charge < -0.3 is 15.6 Å². The minimum absolute atomic E-state index is 0.656. The molecule has 4 aromatic rings. The van der Waals surface area contributed by atoms with Crippen LogP contribution in [-0.4, -0.2) is 19.5 Å². The number of hydrogen-bond donors (Lipinski definition) is 2. The first-order valence-corrected chi connectivity index (χ1v) is 7.62. The third kappa shape index (κ3) is 2.77. The molecule has 0 radical (unpaired) electrons. The summed E-state index contributed by atoms with van der Waals surface area (Å²) in [7, 11) is 0. The van der Waals surface area contributed by atoms with Crippen LogP contribution in [0.4, 0.5) is 17.2 Å². The lowest BCUT2D eigenvalue weighted by Crippen LogP contribution is -2.01. The average molecular weight is 316 g/mol. The van der Waals surface area contributed by atoms with Crippen molar-refractivity contribution in [2.75, 3.05) is 11.1 Å². The molecule has 0 saturated carbocycles. The van der Waals surface area contributed by atoms with Gasteiger partial charge in [0.25, 0.3) is 0 Å². The highest BCUT2D eigenvalue weighted by atomic mass is 15.1. The Morgan fingerprint density at radius 2 is 1.83 bits per heavy atom. The number of benzene rings is 2. The van der Waals surface area contributed by atoms with E-state index in [2.05, 4.69) is 20.3 Å². The molecule has 4 rings (SSSR count). The van der Waals surface area contributed by atoms with E-state index in [1.54, 1.807) is 12.7 Å². The van der Waals surface area contributed by atoms with Crippen LogP contribution in [0, 0.1) is 0 Å². The minimum Gasteiger partial charge on any atom is -0.399 e. The summed E-state index contributed by atoms with van der Waals surface area (Å²) in [5, 5.41) is 3.29. The number of aromatic nitrogens is 4. The number of rotatable bonds is 4. The number of para-hydroxylation sites is 1. The standard InChI is InChI=1S/C18H16N6/c19-14-6-4-5-13(9-14)10-24-12-22-16-17(20-11-21-18(16)24)23-15-7-2-1-3-8-15/h1-9,11-12H,10,19H2,(H,20,21,23). The Labute approximate surface area is 139 Å². The molecular formula is C18H16N6. The third-order valence-corrected chi connectivity index (χ3v) is 3.74. The van der Waals surface area contributed by atoms with Gasteiger partial charge in [0.1, 0.15) is 6.33 Å². The number of nitrogens with two attached hydrogens (primary N) is 1. The summed E-state index contributed by atoms with van der Waals surface area (Å²) < 4.78 is 1.99. The van der Waals surface area contributed by atoms with E-state index in [1.165, 1.54) is 0 Å². The second kappa shape index (κ2) is 6.00. The molecule has 6 heteroatoms. The Hall–Kier alpha value is -3.41. The smallest absolute Gasteiger partial charge is 0.165 e. The Morgan fingerprint density at radius 1 is 0.958 bits per heavy atom. The maximum atomic E-state index is 5.85. The molecule has 0 aliphatic carbocycles. The number of nitrogens with zero attached hydrogens (tertiary/aromatic N) is 4. The summed E-state index contributed by atoms with van der Waals surface area (Å²) in [5.74, 6) is 0.692. The molecule has 2 heterocycles. The number of nitrogens with one attached hydrogen (secondary N) is 1. The van der Waals surface area contributed by atoms with Crippen molar-refractivity contribution in [3.63, 3.8) is 0 Å². The van der Waals surface area contributed by atoms with Gasteiger partial charge in [0.2, 0.25) is 0 Å². The zero-order chi connectivity index (χ0) is 16.4. The van der Waals surface area contributed by atoms with Crippen LogP contribution in [-0.2, 0) is 6.54 Å². The van der Waals surface area contributed by atoms with Crippen molar-refractivity contribution in [2.24, 2.45) is 0 Å². The molecule has 0 spiro atoms. The van der Waals surface area contributed by atoms with E-state index in [0.29, 0.717) is 12.4 Å². The van der Waals surface area contributed by atoms with Crippen molar-refractivity contribution in [3.8, 4) is 0 Å². The fourth-order valence-electron chi connectivity index (χ4n) is 2.63. The lowest BCUT2D eigenvalue weighted by atomic mass is 10.2. The Morgan fingerprint density at radius 3 is 2.67 bits per heavy atom. The molecule has 3 N–H and O–H groups in total. The van der Waals surface area contributed by atoms with E-state index in [9.17, 15) is 0 Å². The van der Waals surface area contributed by atoms with Crippen molar-refractivity contribution in [2.45, 2.75) is 6.54 Å². The van der Waals surface area contributed by atoms with Gasteiger partial charge in [0.05, 0.1) is 12.9 Å². The molecule has 0 aliphatic rings. The summed E-state index contributed by atoms with van der Waals surface area (Å²) in [6.07, 6.45) is 3.32. The minimum atomic E-state index is 0.656. The monoisotopic (exact) mass is 316 g/mol. The first-order valence-electron chi connectivity index (χ1n) is 7.62. The largest absolute Gasteiger partial charge is 0.399 e. The number of hydrogen-bond acceptors (Lipinski definition) is 5. The lowest BCUT2D eigenvalue weighted by molar-refractivity contribution is 0.813. The zero-order valence-electron chi connectivity index (χ0n) is 12.9. The van der Waals surface area contributed by atoms with Crippen LogP contribution in [0.3, 0.4) is 0 Å². The Kier molecular flexibility index (Phi) is 3.55. The van der Waals surface area contributed by atoms with E-state index in [-0.39, 0.29) is 0 Å². The summed E-state index contributed by atoms with van der Waals surface area (Å²) in [6, 6.07) is 17.7. The zero-order valence-corrected chi connectivity index (χ0v) is 12.9. The van der Waals surface area contributed by atoms with Crippen LogP contribution in [0.2, 0.25) is 0 Å². The Balaban J connectivity index is 1.68. The van der Waals surface area contributed by atoms with Crippen LogP contribution >= 0.6 is 0 Å². The quantitative estimate of drug-likeness (QED) is 0.565. The molecule has 0 unspecified atom stereocenters. The van der Waals surface area contributed by atoms with Gasteiger partial charge in [-0.1, -0.05) is 30.3 Å². The highest BCUT2D eigenvalue weighted by molar-refractivity contribution is 5.85. The second-order valence-corrected chi connectivity index (χ2v) is 5.50. The maximum absolute atomic E-state index is 5.85. The van der Waals surface area contributed by atoms with Gasteiger partial charge in [-0.25, -0.2) is 15.0 Å². The molecule has 0 atom stereocenters. The third-order valence-electron chi connectivity index (χ3n) is 3.74. The van der Waals surface area contributed by atoms with Gasteiger partial charge in [0.15, 0.2) is 17.0 Å². The van der Waals surface area contributed by atoms with Crippen LogP contribution < -0.4 is 11.1 Å². The van der Waals surface area contributed by atoms with Gasteiger partial charge in [-0.2, -0.15) is 0 Å². The average Bonchev–Trinajstić information content (AvgIpc) is 3.00. The van der Waals surface area contributed by atoms with Crippen LogP contribution in [0.15, 0.2) is 67.3 Å². The van der Waals surface area contributed by atoms with E-state index >= 15 is 0 Å². The molecular weight excluding hydrogens is 300 g/mol. The highest BCUT2D eigenvalue weighted by Crippen LogP contribution is 2.22. The summed E-state index contributed by atoms with van der Waals surface area (Å²) in [5.41, 5.74) is 10.2. The SMILES string of the molecule is Nc1cccc(Cn2cnc3c(Nc4ccccc4)ncnc32)c1. The molecule has 6 nitrogen and oxygen atoms in total. The fourth-order valence-corrected chi connectivity index (χ4v) is 2.63. The van der Waals surface area contributed by atoms with E-state index < -0.39 is 0 Å². The molecule has 0 fully saturated rings. The van der Waals surface area contributed by atoms with Gasteiger partial charge in [-0.3, -0.25) is 0 Å². The van der Waals surface area contributed by atoms with Crippen molar-refractivity contribution in [3.05, 3.63) is 72.8 Å². The molecule has 2 aromatic carbocycles. The topological polar surface area (TPSA) is 81.7 Å². The normalized spacial score (nSPS) is 10.8. The number of anilines is 3. The van der Waals surface area contributed by atoms with Crippen molar-refractivity contribution in [1.29, 1.82) is 0 Å². The lowest BCUT2D eigenvalue weighted by Gasteiger charge is -2.07. The van der Waals surface area contributed by atoms with E-state index in [0.717, 1.165) is 28.1 Å². The predicted molar refractivity (Wildman–Crippen MR) is 95.0 cm³/mol. The van der Waals surface area contributed by atoms with Gasteiger partial charge in [-0.05, 0) is 29.8 Å². The van der Waals surface area contributed by atoms with Crippen molar-refractivity contribution < 1.29 is 0 Å². The van der Waals surface area contributed by atoms with Gasteiger partial charge in [0, 0.05) is 11.4 Å². The van der Waals surface area contributed by atoms with Crippen LogP contribution in [0.5, 0.6) is 0 Å². The molecule has 0 saturated heterocycles. The molecule has 0 amide bonds. The van der Waals surface area contributed by atoms with E-state index in [1.807, 2.05) is 59.2 Å². The number of fused-ring (bicyclic) bond motifs is 1. The highest BCUT2D eigenvalue weighted by Gasteiger charge is 2.10. The maximum Gasteiger partial charge on any atom is 0.165 e. The summed E-state index contributed by atoms with van der Waals surface area (Å²) in [6.45, 7) is 0.656. The molecule has 118 valence electrons. The fraction of sp³-hybridized carbons (Fsp3) is 0.0556. The number of imidazole rings is 1. The van der Waals surface area contributed by atoms with Crippen LogP contribution in [0.25, 0.3) is 11.2 Å². The predicted octanol–water partition coefficient (Wildman–Crippen LogP) is 3.20. The summed E-state index contributed by atoms with van der Waals surface area (Å²) >= 11 is 0. The molecule has 24 heavy (non-hydrogen) atoms. The van der Waals surface area contributed by atoms with Gasteiger partial charge >= 0.3 is 0 Å². The molecule has 2 aromatic heterocycles. The first-order chi connectivity index (χ1) is 11.8. The Bertz CT molecular complexity index is 977. The van der Waals surface area contributed by atoms with Crippen LogP contribution in [0.1, 0.15) is 5.56 Å². The summed E-state index contributed by atoms with van der Waals surface area (Å²) in [4.78, 5) is 13.2. The second-order valence-electron chi connectivity index (χ2n) is 5.50.